The molecule has 0 bridgehead atoms. The summed E-state index contributed by atoms with van der Waals surface area (Å²) in [7, 11) is 0. The van der Waals surface area contributed by atoms with Crippen molar-refractivity contribution < 1.29 is 4.21 Å². The van der Waals surface area contributed by atoms with Crippen LogP contribution in [0, 0.1) is 0 Å². The monoisotopic (exact) mass is 106 g/mol. The van der Waals surface area contributed by atoms with Crippen molar-refractivity contribution in [3.8, 4) is 0 Å². The van der Waals surface area contributed by atoms with Crippen molar-refractivity contribution in [2.24, 2.45) is 4.36 Å². The fourth-order valence-corrected chi connectivity index (χ4v) is 0.422. The van der Waals surface area contributed by atoms with Crippen LogP contribution in [-0.2, 0) is 15.7 Å². The fraction of sp³-hybridized carbons (Fsp3) is 1.00. The number of thiol groups is 1. The molecule has 0 spiro atoms. The molecule has 3 heteroatoms. The van der Waals surface area contributed by atoms with E-state index in [-0.39, 0.29) is 11.5 Å². The maximum atomic E-state index is 9.49. The highest BCUT2D eigenvalue weighted by molar-refractivity contribution is 7.54. The Balaban J connectivity index is 2.86. The SMILES string of the molecule is CCCN=[SH-]=O. The van der Waals surface area contributed by atoms with E-state index in [1.54, 1.807) is 0 Å². The van der Waals surface area contributed by atoms with Crippen LogP contribution in [0.5, 0.6) is 0 Å². The lowest BCUT2D eigenvalue weighted by Crippen LogP contribution is -1.67. The summed E-state index contributed by atoms with van der Waals surface area (Å²) in [4.78, 5) is 0. The van der Waals surface area contributed by atoms with Crippen LogP contribution in [0.3, 0.4) is 0 Å². The van der Waals surface area contributed by atoms with Crippen LogP contribution in [0.2, 0.25) is 0 Å². The van der Waals surface area contributed by atoms with Gasteiger partial charge in [-0.1, -0.05) is 6.92 Å². The predicted octanol–water partition coefficient (Wildman–Crippen LogP) is 0.740. The van der Waals surface area contributed by atoms with Gasteiger partial charge >= 0.3 is 0 Å². The Kier molecular flexibility index (Phi) is 4.91. The molecule has 0 aromatic heterocycles. The molecule has 0 rings (SSSR count). The summed E-state index contributed by atoms with van der Waals surface area (Å²) in [5.41, 5.74) is 0. The van der Waals surface area contributed by atoms with Crippen molar-refractivity contribution >= 4 is 11.5 Å². The summed E-state index contributed by atoms with van der Waals surface area (Å²) in [6.45, 7) is 2.71. The fourth-order valence-electron chi connectivity index (χ4n) is 0.141. The average Bonchev–Trinajstić information content (AvgIpc) is 1.61. The minimum Gasteiger partial charge on any atom is -0.447 e. The minimum atomic E-state index is -0.0796. The van der Waals surface area contributed by atoms with Gasteiger partial charge in [0.25, 0.3) is 0 Å². The second-order valence-electron chi connectivity index (χ2n) is 0.947. The number of rotatable bonds is 2. The van der Waals surface area contributed by atoms with Gasteiger partial charge < -0.3 is 8.57 Å². The van der Waals surface area contributed by atoms with Gasteiger partial charge in [0.05, 0.1) is 0 Å². The number of nitrogens with zero attached hydrogens (tertiary/aromatic N) is 1. The van der Waals surface area contributed by atoms with E-state index in [1.165, 1.54) is 0 Å². The highest BCUT2D eigenvalue weighted by Gasteiger charge is 1.59. The van der Waals surface area contributed by atoms with E-state index in [4.69, 9.17) is 0 Å². The first kappa shape index (κ1) is 5.95. The highest BCUT2D eigenvalue weighted by Crippen LogP contribution is 1.72. The third kappa shape index (κ3) is 3.95. The molecule has 2 nitrogen and oxygen atoms in total. The summed E-state index contributed by atoms with van der Waals surface area (Å²) in [5, 5.41) is 0. The largest absolute Gasteiger partial charge is 0.447 e. The van der Waals surface area contributed by atoms with Gasteiger partial charge in [0.1, 0.15) is 0 Å². The third-order valence-electron chi connectivity index (χ3n) is 0.381. The van der Waals surface area contributed by atoms with Crippen LogP contribution in [0.15, 0.2) is 4.36 Å². The van der Waals surface area contributed by atoms with Crippen LogP contribution < -0.4 is 0 Å². The van der Waals surface area contributed by atoms with Gasteiger partial charge in [-0.25, -0.2) is 11.5 Å². The first-order valence-corrected chi connectivity index (χ1v) is 2.67. The lowest BCUT2D eigenvalue weighted by molar-refractivity contribution is 0.607. The molecule has 0 saturated carbocycles. The van der Waals surface area contributed by atoms with Gasteiger partial charge in [0, 0.05) is 6.54 Å². The van der Waals surface area contributed by atoms with Crippen LogP contribution in [0.1, 0.15) is 13.3 Å². The number of hydrogen-bond donors (Lipinski definition) is 0. The molecule has 0 atom stereocenters. The molecule has 0 saturated heterocycles. The van der Waals surface area contributed by atoms with Gasteiger partial charge in [-0.05, 0) is 6.42 Å². The standard InChI is InChI=1S/C3H8NOS/c1-2-3-4-6-5/h6H,2-3H2,1H3/q-1. The lowest BCUT2D eigenvalue weighted by Gasteiger charge is -1.81. The van der Waals surface area contributed by atoms with Gasteiger partial charge in [-0.15, -0.1) is 0 Å². The molecule has 0 unspecified atom stereocenters. The summed E-state index contributed by atoms with van der Waals surface area (Å²) < 4.78 is 13.0. The summed E-state index contributed by atoms with van der Waals surface area (Å²) in [5.74, 6) is 0. The maximum Gasteiger partial charge on any atom is 0.0117 e. The molecular weight excluding hydrogens is 98.1 g/mol. The molecular formula is C3H8NOS-. The molecule has 0 N–H and O–H groups in total. The van der Waals surface area contributed by atoms with E-state index in [9.17, 15) is 4.21 Å². The van der Waals surface area contributed by atoms with Gasteiger partial charge in [0.2, 0.25) is 0 Å². The average molecular weight is 106 g/mol. The Morgan fingerprint density at radius 3 is 2.67 bits per heavy atom. The van der Waals surface area contributed by atoms with Crippen LogP contribution in [-0.4, -0.2) is 6.54 Å². The molecule has 0 heterocycles. The normalized spacial score (nSPS) is 8.17. The third-order valence-corrected chi connectivity index (χ3v) is 0.697. The van der Waals surface area contributed by atoms with Crippen molar-refractivity contribution in [3.63, 3.8) is 0 Å². The lowest BCUT2D eigenvalue weighted by atomic mass is 10.5. The van der Waals surface area contributed by atoms with Gasteiger partial charge in [-0.2, -0.15) is 0 Å². The van der Waals surface area contributed by atoms with Crippen molar-refractivity contribution in [2.45, 2.75) is 13.3 Å². The summed E-state index contributed by atoms with van der Waals surface area (Å²) in [6.07, 6.45) is 0.981. The molecule has 0 aliphatic heterocycles. The van der Waals surface area contributed by atoms with E-state index in [0.717, 1.165) is 6.42 Å². The predicted molar refractivity (Wildman–Crippen MR) is 27.0 cm³/mol. The topological polar surface area (TPSA) is 29.4 Å². The Morgan fingerprint density at radius 2 is 2.50 bits per heavy atom. The quantitative estimate of drug-likeness (QED) is 0.377. The molecule has 0 amide bonds. The van der Waals surface area contributed by atoms with Crippen molar-refractivity contribution in [1.29, 1.82) is 0 Å². The van der Waals surface area contributed by atoms with Crippen molar-refractivity contribution in [3.05, 3.63) is 0 Å². The molecule has 0 fully saturated rings. The van der Waals surface area contributed by atoms with E-state index in [1.807, 2.05) is 6.92 Å². The van der Waals surface area contributed by atoms with Gasteiger partial charge in [0.15, 0.2) is 0 Å². The summed E-state index contributed by atoms with van der Waals surface area (Å²) >= 11 is -0.0796. The minimum absolute atomic E-state index is 0.0796. The smallest absolute Gasteiger partial charge is 0.0117 e. The second kappa shape index (κ2) is 4.95. The Labute approximate surface area is 40.8 Å². The highest BCUT2D eigenvalue weighted by atomic mass is 32.1. The van der Waals surface area contributed by atoms with Crippen LogP contribution in [0.25, 0.3) is 0 Å². The molecule has 0 aromatic carbocycles. The molecule has 0 radical (unpaired) electrons. The van der Waals surface area contributed by atoms with E-state index < -0.39 is 0 Å². The Bertz CT molecular complexity index is 67.2. The second-order valence-corrected chi connectivity index (χ2v) is 1.39. The molecule has 0 aliphatic carbocycles. The molecule has 38 valence electrons. The van der Waals surface area contributed by atoms with Gasteiger partial charge in [-0.3, -0.25) is 0 Å². The van der Waals surface area contributed by atoms with Crippen molar-refractivity contribution in [1.82, 2.24) is 0 Å². The van der Waals surface area contributed by atoms with E-state index >= 15 is 0 Å². The van der Waals surface area contributed by atoms with Crippen LogP contribution >= 0.6 is 0 Å². The maximum absolute atomic E-state index is 9.49. The molecule has 0 aliphatic rings. The van der Waals surface area contributed by atoms with E-state index in [0.29, 0.717) is 6.54 Å². The first-order chi connectivity index (χ1) is 2.91. The van der Waals surface area contributed by atoms with E-state index in [2.05, 4.69) is 4.36 Å². The first-order valence-electron chi connectivity index (χ1n) is 1.91. The zero-order chi connectivity index (χ0) is 4.83. The molecule has 6 heavy (non-hydrogen) atoms. The summed E-state index contributed by atoms with van der Waals surface area (Å²) in [6, 6.07) is 0. The Morgan fingerprint density at radius 1 is 1.83 bits per heavy atom. The zero-order valence-corrected chi connectivity index (χ0v) is 4.61. The zero-order valence-electron chi connectivity index (χ0n) is 3.72. The van der Waals surface area contributed by atoms with Crippen molar-refractivity contribution in [2.75, 3.05) is 6.54 Å². The molecule has 0 aromatic rings. The van der Waals surface area contributed by atoms with Crippen LogP contribution in [0.4, 0.5) is 0 Å². The Hall–Kier alpha value is -0.0500. The number of hydrogen-bond acceptors (Lipinski definition) is 3.